The van der Waals surface area contributed by atoms with Crippen LogP contribution in [0.5, 0.6) is 0 Å². The summed E-state index contributed by atoms with van der Waals surface area (Å²) < 4.78 is 1.12. The first-order chi connectivity index (χ1) is 15.2. The predicted molar refractivity (Wildman–Crippen MR) is 127 cm³/mol. The Labute approximate surface area is 187 Å². The lowest BCUT2D eigenvalue weighted by Crippen LogP contribution is -2.36. The molecule has 0 saturated carbocycles. The van der Waals surface area contributed by atoms with E-state index in [0.717, 1.165) is 21.4 Å². The summed E-state index contributed by atoms with van der Waals surface area (Å²) in [6, 6.07) is 15.7. The van der Waals surface area contributed by atoms with Crippen molar-refractivity contribution < 1.29 is 9.59 Å². The molecule has 1 heterocycles. The lowest BCUT2D eigenvalue weighted by molar-refractivity contribution is -0.119. The second kappa shape index (κ2) is 9.60. The second-order valence-corrected chi connectivity index (χ2v) is 8.19. The summed E-state index contributed by atoms with van der Waals surface area (Å²) >= 11 is 0. The topological polar surface area (TPSA) is 93.1 Å². The van der Waals surface area contributed by atoms with Crippen LogP contribution < -0.4 is 16.2 Å². The van der Waals surface area contributed by atoms with Gasteiger partial charge in [0.1, 0.15) is 11.7 Å². The van der Waals surface area contributed by atoms with Gasteiger partial charge in [0.2, 0.25) is 11.8 Å². The van der Waals surface area contributed by atoms with Crippen molar-refractivity contribution in [2.24, 2.45) is 5.92 Å². The molecule has 2 amide bonds. The molecule has 0 radical (unpaired) electrons. The van der Waals surface area contributed by atoms with Crippen LogP contribution in [-0.2, 0) is 9.59 Å². The fourth-order valence-corrected chi connectivity index (χ4v) is 3.19. The molecule has 7 nitrogen and oxygen atoms in total. The van der Waals surface area contributed by atoms with Crippen molar-refractivity contribution in [3.05, 3.63) is 76.1 Å². The molecule has 2 aromatic carbocycles. The van der Waals surface area contributed by atoms with Gasteiger partial charge in [-0.25, -0.2) is 4.68 Å². The summed E-state index contributed by atoms with van der Waals surface area (Å²) in [6.07, 6.45) is 0. The van der Waals surface area contributed by atoms with Gasteiger partial charge in [0.05, 0.1) is 5.69 Å². The van der Waals surface area contributed by atoms with E-state index >= 15 is 0 Å². The number of anilines is 2. The molecule has 1 unspecified atom stereocenters. The Bertz CT molecular complexity index is 1200. The van der Waals surface area contributed by atoms with E-state index in [9.17, 15) is 14.4 Å². The zero-order chi connectivity index (χ0) is 23.4. The number of nitrogens with zero attached hydrogens (tertiary/aromatic N) is 2. The van der Waals surface area contributed by atoms with E-state index in [1.165, 1.54) is 0 Å². The zero-order valence-electron chi connectivity index (χ0n) is 19.0. The molecule has 3 rings (SSSR count). The molecule has 0 fully saturated rings. The Morgan fingerprint density at radius 1 is 0.875 bits per heavy atom. The number of carbonyl (C=O) groups excluding carboxylic acids is 2. The van der Waals surface area contributed by atoms with E-state index in [1.54, 1.807) is 26.8 Å². The number of rotatable bonds is 6. The van der Waals surface area contributed by atoms with E-state index in [0.29, 0.717) is 11.4 Å². The minimum Gasteiger partial charge on any atom is -0.324 e. The van der Waals surface area contributed by atoms with E-state index in [1.807, 2.05) is 62.4 Å². The lowest BCUT2D eigenvalue weighted by atomic mass is 10.1. The normalized spacial score (nSPS) is 11.8. The van der Waals surface area contributed by atoms with Crippen molar-refractivity contribution >= 4 is 23.2 Å². The Morgan fingerprint density at radius 3 is 2.16 bits per heavy atom. The number of hydrogen-bond donors (Lipinski definition) is 2. The first-order valence-electron chi connectivity index (χ1n) is 10.6. The van der Waals surface area contributed by atoms with Crippen LogP contribution in [0.4, 0.5) is 11.4 Å². The molecule has 0 aliphatic carbocycles. The molecule has 0 aliphatic rings. The third-order valence-electron chi connectivity index (χ3n) is 5.17. The summed E-state index contributed by atoms with van der Waals surface area (Å²) in [7, 11) is 0. The number of carbonyl (C=O) groups is 2. The molecule has 7 heteroatoms. The Kier molecular flexibility index (Phi) is 6.88. The Hall–Kier alpha value is -3.74. The summed E-state index contributed by atoms with van der Waals surface area (Å²) in [5.74, 6) is -0.967. The molecule has 2 N–H and O–H groups in total. The maximum absolute atomic E-state index is 13.1. The number of amides is 2. The van der Waals surface area contributed by atoms with Crippen molar-refractivity contribution in [2.75, 3.05) is 10.6 Å². The van der Waals surface area contributed by atoms with Crippen molar-refractivity contribution in [3.63, 3.8) is 0 Å². The molecule has 1 aromatic heterocycles. The lowest BCUT2D eigenvalue weighted by Gasteiger charge is -2.18. The van der Waals surface area contributed by atoms with Crippen LogP contribution in [0.1, 0.15) is 37.9 Å². The molecular formula is C25H28N4O3. The average molecular weight is 433 g/mol. The standard InChI is InChI=1S/C25H28N4O3/c1-15(2)23(30)27-22-14-21(19-9-7-6-8-10-19)28-29(25(22)32)18(5)24(31)26-20-12-11-16(3)13-17(20)4/h6-15,18H,1-5H3,(H,26,31)(H,27,30). The van der Waals surface area contributed by atoms with Crippen LogP contribution in [-0.4, -0.2) is 21.6 Å². The molecule has 166 valence electrons. The van der Waals surface area contributed by atoms with Gasteiger partial charge in [0.15, 0.2) is 0 Å². The van der Waals surface area contributed by atoms with Crippen LogP contribution in [0.25, 0.3) is 11.3 Å². The highest BCUT2D eigenvalue weighted by molar-refractivity contribution is 5.94. The van der Waals surface area contributed by atoms with Crippen LogP contribution in [0.3, 0.4) is 0 Å². The van der Waals surface area contributed by atoms with Gasteiger partial charge in [0.25, 0.3) is 5.56 Å². The monoisotopic (exact) mass is 432 g/mol. The first-order valence-corrected chi connectivity index (χ1v) is 10.6. The van der Waals surface area contributed by atoms with Gasteiger partial charge in [-0.1, -0.05) is 61.9 Å². The van der Waals surface area contributed by atoms with Crippen LogP contribution in [0.15, 0.2) is 59.4 Å². The Balaban J connectivity index is 2.02. The van der Waals surface area contributed by atoms with Crippen molar-refractivity contribution in [3.8, 4) is 11.3 Å². The number of aromatic nitrogens is 2. The largest absolute Gasteiger partial charge is 0.324 e. The van der Waals surface area contributed by atoms with Gasteiger partial charge in [-0.2, -0.15) is 5.10 Å². The Morgan fingerprint density at radius 2 is 1.53 bits per heavy atom. The fraction of sp³-hybridized carbons (Fsp3) is 0.280. The summed E-state index contributed by atoms with van der Waals surface area (Å²) in [5, 5.41) is 10.00. The van der Waals surface area contributed by atoms with Gasteiger partial charge in [-0.05, 0) is 38.5 Å². The zero-order valence-corrected chi connectivity index (χ0v) is 19.0. The number of aryl methyl sites for hydroxylation is 2. The highest BCUT2D eigenvalue weighted by Gasteiger charge is 2.22. The SMILES string of the molecule is Cc1ccc(NC(=O)C(C)n2nc(-c3ccccc3)cc(NC(=O)C(C)C)c2=O)c(C)c1. The summed E-state index contributed by atoms with van der Waals surface area (Å²) in [6.45, 7) is 8.98. The van der Waals surface area contributed by atoms with E-state index in [-0.39, 0.29) is 23.4 Å². The van der Waals surface area contributed by atoms with Gasteiger partial charge in [-0.15, -0.1) is 0 Å². The van der Waals surface area contributed by atoms with Gasteiger partial charge < -0.3 is 10.6 Å². The van der Waals surface area contributed by atoms with Crippen LogP contribution in [0.2, 0.25) is 0 Å². The minimum atomic E-state index is -0.901. The maximum atomic E-state index is 13.1. The quantitative estimate of drug-likeness (QED) is 0.607. The molecule has 0 bridgehead atoms. The fourth-order valence-electron chi connectivity index (χ4n) is 3.19. The number of hydrogen-bond acceptors (Lipinski definition) is 4. The number of benzene rings is 2. The molecular weight excluding hydrogens is 404 g/mol. The number of nitrogens with one attached hydrogen (secondary N) is 2. The molecule has 0 aliphatic heterocycles. The molecule has 0 spiro atoms. The van der Waals surface area contributed by atoms with Crippen molar-refractivity contribution in [2.45, 2.75) is 40.7 Å². The van der Waals surface area contributed by atoms with Crippen molar-refractivity contribution in [1.29, 1.82) is 0 Å². The molecule has 3 aromatic rings. The van der Waals surface area contributed by atoms with Gasteiger partial charge in [-0.3, -0.25) is 14.4 Å². The van der Waals surface area contributed by atoms with Crippen LogP contribution >= 0.6 is 0 Å². The highest BCUT2D eigenvalue weighted by atomic mass is 16.2. The summed E-state index contributed by atoms with van der Waals surface area (Å²) in [4.78, 5) is 38.4. The molecule has 0 saturated heterocycles. The third kappa shape index (κ3) is 5.11. The third-order valence-corrected chi connectivity index (χ3v) is 5.17. The highest BCUT2D eigenvalue weighted by Crippen LogP contribution is 2.21. The van der Waals surface area contributed by atoms with Gasteiger partial charge in [0, 0.05) is 17.2 Å². The predicted octanol–water partition coefficient (Wildman–Crippen LogP) is 4.32. The van der Waals surface area contributed by atoms with E-state index in [4.69, 9.17) is 0 Å². The maximum Gasteiger partial charge on any atom is 0.291 e. The minimum absolute atomic E-state index is 0.0868. The smallest absolute Gasteiger partial charge is 0.291 e. The van der Waals surface area contributed by atoms with Crippen molar-refractivity contribution in [1.82, 2.24) is 9.78 Å². The first kappa shape index (κ1) is 22.9. The van der Waals surface area contributed by atoms with Gasteiger partial charge >= 0.3 is 0 Å². The molecule has 1 atom stereocenters. The summed E-state index contributed by atoms with van der Waals surface area (Å²) in [5.41, 5.74) is 3.48. The van der Waals surface area contributed by atoms with Crippen LogP contribution in [0, 0.1) is 19.8 Å². The molecule has 32 heavy (non-hydrogen) atoms. The average Bonchev–Trinajstić information content (AvgIpc) is 2.77. The van der Waals surface area contributed by atoms with E-state index < -0.39 is 11.6 Å². The van der Waals surface area contributed by atoms with E-state index in [2.05, 4.69) is 15.7 Å². The second-order valence-electron chi connectivity index (χ2n) is 8.19.